The fourth-order valence-electron chi connectivity index (χ4n) is 3.33. The van der Waals surface area contributed by atoms with Crippen LogP contribution in [-0.4, -0.2) is 22.6 Å². The van der Waals surface area contributed by atoms with E-state index in [4.69, 9.17) is 16.1 Å². The van der Waals surface area contributed by atoms with Crippen LogP contribution in [0.15, 0.2) is 22.7 Å². The summed E-state index contributed by atoms with van der Waals surface area (Å²) in [6.45, 7) is 6.66. The van der Waals surface area contributed by atoms with Gasteiger partial charge in [-0.2, -0.15) is 0 Å². The number of nitrogens with zero attached hydrogens (tertiary/aromatic N) is 2. The molecular formula is C18H22ClN3O2. The van der Waals surface area contributed by atoms with Crippen LogP contribution in [0.5, 0.6) is 0 Å². The Balaban J connectivity index is 1.84. The molecule has 5 nitrogen and oxygen atoms in total. The van der Waals surface area contributed by atoms with Gasteiger partial charge in [-0.3, -0.25) is 0 Å². The van der Waals surface area contributed by atoms with Crippen molar-refractivity contribution in [1.82, 2.24) is 10.1 Å². The van der Waals surface area contributed by atoms with Crippen LogP contribution in [0.1, 0.15) is 48.4 Å². The Labute approximate surface area is 147 Å². The Bertz CT molecular complexity index is 757. The lowest BCUT2D eigenvalue weighted by atomic mass is 10.0. The number of urea groups is 1. The van der Waals surface area contributed by atoms with E-state index < -0.39 is 0 Å². The number of amides is 2. The van der Waals surface area contributed by atoms with Crippen LogP contribution in [-0.2, 0) is 6.42 Å². The van der Waals surface area contributed by atoms with E-state index in [-0.39, 0.29) is 12.1 Å². The van der Waals surface area contributed by atoms with Gasteiger partial charge in [0.15, 0.2) is 0 Å². The largest absolute Gasteiger partial charge is 0.361 e. The van der Waals surface area contributed by atoms with E-state index in [1.165, 1.54) is 0 Å². The Morgan fingerprint density at radius 3 is 3.00 bits per heavy atom. The third kappa shape index (κ3) is 3.13. The minimum Gasteiger partial charge on any atom is -0.361 e. The van der Waals surface area contributed by atoms with Gasteiger partial charge in [0, 0.05) is 29.2 Å². The Morgan fingerprint density at radius 2 is 2.25 bits per heavy atom. The lowest BCUT2D eigenvalue weighted by Gasteiger charge is -2.25. The first-order valence-electron chi connectivity index (χ1n) is 8.30. The minimum atomic E-state index is -0.106. The van der Waals surface area contributed by atoms with Crippen molar-refractivity contribution in [3.8, 4) is 0 Å². The van der Waals surface area contributed by atoms with Crippen molar-refractivity contribution in [2.45, 2.75) is 46.1 Å². The lowest BCUT2D eigenvalue weighted by Crippen LogP contribution is -2.35. The Kier molecular flexibility index (Phi) is 4.81. The molecule has 128 valence electrons. The van der Waals surface area contributed by atoms with Gasteiger partial charge in [-0.05, 0) is 44.4 Å². The van der Waals surface area contributed by atoms with Crippen LogP contribution >= 0.6 is 11.6 Å². The van der Waals surface area contributed by atoms with Gasteiger partial charge in [-0.15, -0.1) is 0 Å². The van der Waals surface area contributed by atoms with Crippen molar-refractivity contribution < 1.29 is 9.32 Å². The predicted octanol–water partition coefficient (Wildman–Crippen LogP) is 4.88. The number of halogens is 1. The van der Waals surface area contributed by atoms with E-state index in [2.05, 4.69) is 10.5 Å². The van der Waals surface area contributed by atoms with Gasteiger partial charge in [0.25, 0.3) is 0 Å². The number of benzene rings is 1. The number of aromatic nitrogens is 1. The molecule has 0 bridgehead atoms. The quantitative estimate of drug-likeness (QED) is 0.861. The maximum absolute atomic E-state index is 12.8. The van der Waals surface area contributed by atoms with E-state index in [1.807, 2.05) is 37.8 Å². The summed E-state index contributed by atoms with van der Waals surface area (Å²) < 4.78 is 5.41. The molecule has 0 saturated carbocycles. The molecule has 0 radical (unpaired) electrons. The summed E-state index contributed by atoms with van der Waals surface area (Å²) in [6.07, 6.45) is 2.67. The fourth-order valence-corrected chi connectivity index (χ4v) is 3.50. The van der Waals surface area contributed by atoms with Crippen LogP contribution in [0, 0.1) is 13.8 Å². The molecule has 1 aromatic heterocycles. The van der Waals surface area contributed by atoms with Crippen LogP contribution < -0.4 is 5.32 Å². The first kappa shape index (κ1) is 16.8. The molecule has 1 atom stereocenters. The highest BCUT2D eigenvalue weighted by Crippen LogP contribution is 2.36. The second-order valence-electron chi connectivity index (χ2n) is 6.20. The van der Waals surface area contributed by atoms with Gasteiger partial charge in [0.1, 0.15) is 5.76 Å². The van der Waals surface area contributed by atoms with Gasteiger partial charge in [0.2, 0.25) is 0 Å². The molecule has 24 heavy (non-hydrogen) atoms. The molecule has 0 aliphatic carbocycles. The van der Waals surface area contributed by atoms with E-state index in [1.54, 1.807) is 6.07 Å². The van der Waals surface area contributed by atoms with Gasteiger partial charge in [-0.25, -0.2) is 4.79 Å². The van der Waals surface area contributed by atoms with E-state index >= 15 is 0 Å². The van der Waals surface area contributed by atoms with Crippen LogP contribution in [0.2, 0.25) is 5.02 Å². The molecule has 1 aromatic carbocycles. The Hall–Kier alpha value is -2.01. The maximum atomic E-state index is 12.8. The topological polar surface area (TPSA) is 58.4 Å². The molecular weight excluding hydrogens is 326 g/mol. The van der Waals surface area contributed by atoms with Gasteiger partial charge in [0.05, 0.1) is 11.7 Å². The average molecular weight is 348 g/mol. The van der Waals surface area contributed by atoms with Crippen molar-refractivity contribution >= 4 is 23.3 Å². The van der Waals surface area contributed by atoms with Crippen molar-refractivity contribution in [3.05, 3.63) is 45.8 Å². The lowest BCUT2D eigenvalue weighted by molar-refractivity contribution is 0.206. The number of carbonyl (C=O) groups is 1. The minimum absolute atomic E-state index is 0.0192. The summed E-state index contributed by atoms with van der Waals surface area (Å²) >= 11 is 6.04. The molecule has 6 heteroatoms. The van der Waals surface area contributed by atoms with Gasteiger partial charge < -0.3 is 14.7 Å². The number of rotatable bonds is 3. The molecule has 2 aromatic rings. The number of likely N-dealkylation sites (tertiary alicyclic amines) is 1. The second kappa shape index (κ2) is 6.85. The summed E-state index contributed by atoms with van der Waals surface area (Å²) in [5, 5.41) is 7.69. The molecule has 1 N–H and O–H groups in total. The molecule has 3 rings (SSSR count). The van der Waals surface area contributed by atoms with Crippen LogP contribution in [0.25, 0.3) is 0 Å². The molecule has 0 spiro atoms. The predicted molar refractivity (Wildman–Crippen MR) is 94.5 cm³/mol. The molecule has 1 fully saturated rings. The first-order chi connectivity index (χ1) is 11.5. The Morgan fingerprint density at radius 1 is 1.46 bits per heavy atom. The number of aryl methyl sites for hydroxylation is 3. The monoisotopic (exact) mass is 347 g/mol. The molecule has 1 unspecified atom stereocenters. The zero-order valence-corrected chi connectivity index (χ0v) is 15.0. The number of nitrogens with one attached hydrogen (secondary N) is 1. The van der Waals surface area contributed by atoms with Crippen molar-refractivity contribution in [2.24, 2.45) is 0 Å². The molecule has 1 aliphatic heterocycles. The third-order valence-electron chi connectivity index (χ3n) is 4.59. The van der Waals surface area contributed by atoms with Crippen LogP contribution in [0.4, 0.5) is 10.5 Å². The fraction of sp³-hybridized carbons (Fsp3) is 0.444. The standard InChI is InChI=1S/C18H22ClN3O2/c1-4-16-17(12(3)21-24-16)15-6-5-9-22(15)18(23)20-14-10-13(19)8-7-11(14)2/h7-8,10,15H,4-6,9H2,1-3H3,(H,20,23). The summed E-state index contributed by atoms with van der Waals surface area (Å²) in [7, 11) is 0. The number of hydrogen-bond donors (Lipinski definition) is 1. The highest BCUT2D eigenvalue weighted by molar-refractivity contribution is 6.31. The summed E-state index contributed by atoms with van der Waals surface area (Å²) in [5.41, 5.74) is 3.67. The summed E-state index contributed by atoms with van der Waals surface area (Å²) in [6, 6.07) is 5.41. The third-order valence-corrected chi connectivity index (χ3v) is 4.83. The molecule has 2 heterocycles. The number of hydrogen-bond acceptors (Lipinski definition) is 3. The van der Waals surface area contributed by atoms with E-state index in [0.29, 0.717) is 5.02 Å². The van der Waals surface area contributed by atoms with E-state index in [0.717, 1.165) is 54.1 Å². The van der Waals surface area contributed by atoms with Gasteiger partial charge in [-0.1, -0.05) is 29.7 Å². The highest BCUT2D eigenvalue weighted by Gasteiger charge is 2.34. The van der Waals surface area contributed by atoms with Gasteiger partial charge >= 0.3 is 6.03 Å². The van der Waals surface area contributed by atoms with Crippen LogP contribution in [0.3, 0.4) is 0 Å². The molecule has 2 amide bonds. The first-order valence-corrected chi connectivity index (χ1v) is 8.68. The van der Waals surface area contributed by atoms with E-state index in [9.17, 15) is 4.79 Å². The average Bonchev–Trinajstić information content (AvgIpc) is 3.16. The van der Waals surface area contributed by atoms with Crippen molar-refractivity contribution in [2.75, 3.05) is 11.9 Å². The summed E-state index contributed by atoms with van der Waals surface area (Å²) in [4.78, 5) is 14.7. The van der Waals surface area contributed by atoms with Crippen molar-refractivity contribution in [3.63, 3.8) is 0 Å². The number of anilines is 1. The second-order valence-corrected chi connectivity index (χ2v) is 6.64. The highest BCUT2D eigenvalue weighted by atomic mass is 35.5. The maximum Gasteiger partial charge on any atom is 0.322 e. The zero-order chi connectivity index (χ0) is 17.3. The SMILES string of the molecule is CCc1onc(C)c1C1CCCN1C(=O)Nc1cc(Cl)ccc1C. The molecule has 1 aliphatic rings. The molecule has 1 saturated heterocycles. The zero-order valence-electron chi connectivity index (χ0n) is 14.2. The number of carbonyl (C=O) groups excluding carboxylic acids is 1. The smallest absolute Gasteiger partial charge is 0.322 e. The normalized spacial score (nSPS) is 17.3. The summed E-state index contributed by atoms with van der Waals surface area (Å²) in [5.74, 6) is 0.871. The van der Waals surface area contributed by atoms with Crippen molar-refractivity contribution in [1.29, 1.82) is 0 Å².